The van der Waals surface area contributed by atoms with Gasteiger partial charge in [-0.25, -0.2) is 9.97 Å². The molecule has 0 fully saturated rings. The van der Waals surface area contributed by atoms with Gasteiger partial charge in [0.1, 0.15) is 6.33 Å². The Kier molecular flexibility index (Phi) is 4.07. The van der Waals surface area contributed by atoms with E-state index < -0.39 is 0 Å². The highest BCUT2D eigenvalue weighted by atomic mass is 35.5. The van der Waals surface area contributed by atoms with Crippen LogP contribution in [-0.4, -0.2) is 20.9 Å². The van der Waals surface area contributed by atoms with Crippen molar-refractivity contribution in [1.29, 1.82) is 0 Å². The van der Waals surface area contributed by atoms with Gasteiger partial charge in [-0.15, -0.1) is 0 Å². The fourth-order valence-corrected chi connectivity index (χ4v) is 1.99. The zero-order valence-corrected chi connectivity index (χ0v) is 12.2. The van der Waals surface area contributed by atoms with E-state index in [4.69, 9.17) is 11.6 Å². The molecule has 1 amide bonds. The average molecular weight is 311 g/mol. The smallest absolute Gasteiger partial charge is 0.257 e. The number of carbonyl (C=O) groups excluding carboxylic acids is 1. The molecule has 0 unspecified atom stereocenters. The Balaban J connectivity index is 1.75. The largest absolute Gasteiger partial charge is 0.322 e. The zero-order valence-electron chi connectivity index (χ0n) is 11.4. The Morgan fingerprint density at radius 3 is 2.32 bits per heavy atom. The minimum Gasteiger partial charge on any atom is -0.322 e. The summed E-state index contributed by atoms with van der Waals surface area (Å²) >= 11 is 5.81. The van der Waals surface area contributed by atoms with Crippen LogP contribution in [-0.2, 0) is 0 Å². The molecule has 6 heteroatoms. The van der Waals surface area contributed by atoms with Crippen LogP contribution in [0.15, 0.2) is 61.3 Å². The lowest BCUT2D eigenvalue weighted by molar-refractivity contribution is 0.102. The molecule has 3 rings (SSSR count). The lowest BCUT2D eigenvalue weighted by atomic mass is 10.2. The fraction of sp³-hybridized carbons (Fsp3) is 0. The molecule has 5 nitrogen and oxygen atoms in total. The van der Waals surface area contributed by atoms with Gasteiger partial charge in [-0.3, -0.25) is 9.78 Å². The molecule has 2 aromatic heterocycles. The van der Waals surface area contributed by atoms with Gasteiger partial charge in [0.15, 0.2) is 0 Å². The SMILES string of the molecule is O=C(Nc1ccc(Cl)cc1)c1ccc(-c2cncnc2)nc1. The predicted octanol–water partition coefficient (Wildman–Crippen LogP) is 3.44. The summed E-state index contributed by atoms with van der Waals surface area (Å²) in [7, 11) is 0. The molecule has 1 aromatic carbocycles. The van der Waals surface area contributed by atoms with E-state index >= 15 is 0 Å². The molecular formula is C16H11ClN4O. The molecule has 0 atom stereocenters. The normalized spacial score (nSPS) is 10.2. The van der Waals surface area contributed by atoms with Gasteiger partial charge in [-0.2, -0.15) is 0 Å². The Hall–Kier alpha value is -2.79. The first-order valence-electron chi connectivity index (χ1n) is 6.51. The van der Waals surface area contributed by atoms with Crippen molar-refractivity contribution in [1.82, 2.24) is 15.0 Å². The van der Waals surface area contributed by atoms with Crippen LogP contribution in [0, 0.1) is 0 Å². The Labute approximate surface area is 132 Å². The van der Waals surface area contributed by atoms with Crippen LogP contribution in [0.5, 0.6) is 0 Å². The van der Waals surface area contributed by atoms with E-state index in [0.29, 0.717) is 22.0 Å². The van der Waals surface area contributed by atoms with Crippen LogP contribution in [0.25, 0.3) is 11.3 Å². The topological polar surface area (TPSA) is 67.8 Å². The van der Waals surface area contributed by atoms with Crippen LogP contribution in [0.4, 0.5) is 5.69 Å². The second-order valence-corrected chi connectivity index (χ2v) is 4.96. The van der Waals surface area contributed by atoms with Gasteiger partial charge in [0.25, 0.3) is 5.91 Å². The van der Waals surface area contributed by atoms with Crippen LogP contribution in [0.3, 0.4) is 0 Å². The Bertz CT molecular complexity index is 774. The summed E-state index contributed by atoms with van der Waals surface area (Å²) in [5.41, 5.74) is 2.65. The lowest BCUT2D eigenvalue weighted by Gasteiger charge is -2.06. The van der Waals surface area contributed by atoms with Crippen molar-refractivity contribution < 1.29 is 4.79 Å². The first-order valence-corrected chi connectivity index (χ1v) is 6.88. The summed E-state index contributed by atoms with van der Waals surface area (Å²) in [5, 5.41) is 3.40. The maximum absolute atomic E-state index is 12.1. The van der Waals surface area contributed by atoms with Crippen molar-refractivity contribution in [3.05, 3.63) is 71.9 Å². The summed E-state index contributed by atoms with van der Waals surface area (Å²) in [6.07, 6.45) is 6.32. The van der Waals surface area contributed by atoms with E-state index in [1.807, 2.05) is 0 Å². The van der Waals surface area contributed by atoms with Crippen molar-refractivity contribution in [2.75, 3.05) is 5.32 Å². The van der Waals surface area contributed by atoms with Gasteiger partial charge in [0.2, 0.25) is 0 Å². The molecule has 0 aliphatic heterocycles. The van der Waals surface area contributed by atoms with Gasteiger partial charge in [0, 0.05) is 34.9 Å². The molecule has 0 aliphatic rings. The third-order valence-electron chi connectivity index (χ3n) is 2.98. The molecule has 0 saturated heterocycles. The van der Waals surface area contributed by atoms with E-state index in [1.54, 1.807) is 48.8 Å². The van der Waals surface area contributed by atoms with Gasteiger partial charge in [0.05, 0.1) is 11.3 Å². The summed E-state index contributed by atoms with van der Waals surface area (Å²) in [5.74, 6) is -0.231. The van der Waals surface area contributed by atoms with E-state index in [0.717, 1.165) is 5.56 Å². The van der Waals surface area contributed by atoms with Crippen molar-refractivity contribution >= 4 is 23.2 Å². The van der Waals surface area contributed by atoms with Crippen LogP contribution < -0.4 is 5.32 Å². The highest BCUT2D eigenvalue weighted by Gasteiger charge is 2.07. The summed E-state index contributed by atoms with van der Waals surface area (Å²) in [6, 6.07) is 10.4. The molecule has 108 valence electrons. The van der Waals surface area contributed by atoms with Gasteiger partial charge in [-0.05, 0) is 36.4 Å². The summed E-state index contributed by atoms with van der Waals surface area (Å²) in [4.78, 5) is 24.3. The Morgan fingerprint density at radius 2 is 1.68 bits per heavy atom. The third-order valence-corrected chi connectivity index (χ3v) is 3.24. The molecule has 1 N–H and O–H groups in total. The number of hydrogen-bond donors (Lipinski definition) is 1. The number of hydrogen-bond acceptors (Lipinski definition) is 4. The maximum Gasteiger partial charge on any atom is 0.257 e. The van der Waals surface area contributed by atoms with Crippen molar-refractivity contribution in [2.45, 2.75) is 0 Å². The molecule has 0 bridgehead atoms. The van der Waals surface area contributed by atoms with E-state index in [2.05, 4.69) is 20.3 Å². The molecule has 0 aliphatic carbocycles. The predicted molar refractivity (Wildman–Crippen MR) is 84.7 cm³/mol. The number of amides is 1. The number of anilines is 1. The minimum absolute atomic E-state index is 0.231. The third kappa shape index (κ3) is 3.27. The van der Waals surface area contributed by atoms with Crippen LogP contribution in [0.2, 0.25) is 5.02 Å². The minimum atomic E-state index is -0.231. The van der Waals surface area contributed by atoms with Crippen molar-refractivity contribution in [3.63, 3.8) is 0 Å². The number of benzene rings is 1. The van der Waals surface area contributed by atoms with Gasteiger partial charge < -0.3 is 5.32 Å². The second-order valence-electron chi connectivity index (χ2n) is 4.52. The molecule has 0 spiro atoms. The number of nitrogens with one attached hydrogen (secondary N) is 1. The van der Waals surface area contributed by atoms with Crippen molar-refractivity contribution in [3.8, 4) is 11.3 Å². The average Bonchev–Trinajstić information content (AvgIpc) is 2.58. The molecule has 0 saturated carbocycles. The fourth-order valence-electron chi connectivity index (χ4n) is 1.87. The van der Waals surface area contributed by atoms with Gasteiger partial charge >= 0.3 is 0 Å². The molecule has 2 heterocycles. The quantitative estimate of drug-likeness (QED) is 0.804. The number of halogens is 1. The molecule has 0 radical (unpaired) electrons. The van der Waals surface area contributed by atoms with Crippen molar-refractivity contribution in [2.24, 2.45) is 0 Å². The molecule has 22 heavy (non-hydrogen) atoms. The summed E-state index contributed by atoms with van der Waals surface area (Å²) in [6.45, 7) is 0. The maximum atomic E-state index is 12.1. The molecular weight excluding hydrogens is 300 g/mol. The number of aromatic nitrogens is 3. The summed E-state index contributed by atoms with van der Waals surface area (Å²) < 4.78 is 0. The number of nitrogens with zero attached hydrogens (tertiary/aromatic N) is 3. The highest BCUT2D eigenvalue weighted by Crippen LogP contribution is 2.16. The van der Waals surface area contributed by atoms with Gasteiger partial charge in [-0.1, -0.05) is 11.6 Å². The Morgan fingerprint density at radius 1 is 0.955 bits per heavy atom. The standard InChI is InChI=1S/C16H11ClN4O/c17-13-2-4-14(5-3-13)21-16(22)11-1-6-15(20-9-11)12-7-18-10-19-8-12/h1-10H,(H,21,22). The number of pyridine rings is 1. The first kappa shape index (κ1) is 14.2. The van der Waals surface area contributed by atoms with E-state index in [9.17, 15) is 4.79 Å². The first-order chi connectivity index (χ1) is 10.7. The second kappa shape index (κ2) is 6.32. The van der Waals surface area contributed by atoms with Crippen LogP contribution >= 0.6 is 11.6 Å². The van der Waals surface area contributed by atoms with Crippen LogP contribution in [0.1, 0.15) is 10.4 Å². The highest BCUT2D eigenvalue weighted by molar-refractivity contribution is 6.30. The molecule has 3 aromatic rings. The van der Waals surface area contributed by atoms with E-state index in [1.165, 1.54) is 12.5 Å². The zero-order chi connectivity index (χ0) is 15.4. The number of carbonyl (C=O) groups is 1. The monoisotopic (exact) mass is 310 g/mol. The number of rotatable bonds is 3. The van der Waals surface area contributed by atoms with E-state index in [-0.39, 0.29) is 5.91 Å². The lowest BCUT2D eigenvalue weighted by Crippen LogP contribution is -2.12.